The van der Waals surface area contributed by atoms with Crippen LogP contribution in [0.5, 0.6) is 0 Å². The standard InChI is InChI=1S/C56H72N2O23S5/c1-55(21-25-78-31-33-80-29-27-76-3)50(57(23-12-8-11-16-52(59)60)46-19-17-42-44(53(46)55)36-40(83(64,65)66)38-48(42)85(70,71)72)14-9-6-5-7-10-15-51-56(2,22-26-79-32-34-81-30-28-77-4)54-45-37-41(84(67,68)69)39-49(86(73,74)75)43(45)18-20-47(54)58(51)24-13-35-82(61,62)63/h5-7,9-10,14-15,17-20,36-39H,8,11-13,16,21-35H2,1-4H3,(H5-,59,60,61,62,63,64,65,66,67,68,69,70,71,72,73,74,75)/p-3. The molecule has 30 heteroatoms. The zero-order valence-electron chi connectivity index (χ0n) is 47.7. The summed E-state index contributed by atoms with van der Waals surface area (Å²) < 4.78 is 220. The summed E-state index contributed by atoms with van der Waals surface area (Å²) in [6.45, 7) is 5.81. The summed E-state index contributed by atoms with van der Waals surface area (Å²) in [4.78, 5) is 9.54. The van der Waals surface area contributed by atoms with E-state index in [2.05, 4.69) is 0 Å². The third kappa shape index (κ3) is 17.7. The second-order valence-corrected chi connectivity index (χ2v) is 27.6. The van der Waals surface area contributed by atoms with E-state index in [-0.39, 0.29) is 106 Å². The molecule has 0 amide bonds. The predicted octanol–water partition coefficient (Wildman–Crippen LogP) is 5.36. The number of unbranched alkanes of at least 4 members (excludes halogenated alkanes) is 2. The van der Waals surface area contributed by atoms with Gasteiger partial charge in [-0.15, -0.1) is 0 Å². The summed E-state index contributed by atoms with van der Waals surface area (Å²) >= 11 is 0. The Hall–Kier alpha value is -5.39. The van der Waals surface area contributed by atoms with Crippen molar-refractivity contribution < 1.29 is 108 Å². The van der Waals surface area contributed by atoms with Gasteiger partial charge in [-0.1, -0.05) is 42.9 Å². The molecule has 6 rings (SSSR count). The monoisotopic (exact) mass is 1300 g/mol. The van der Waals surface area contributed by atoms with Gasteiger partial charge in [0.05, 0.1) is 83.6 Å². The van der Waals surface area contributed by atoms with Crippen LogP contribution in [0.4, 0.5) is 11.4 Å². The molecular formula is C56H69N2O23S5-3. The Bertz CT molecular complexity index is 3880. The average molecular weight is 1300 g/mol. The van der Waals surface area contributed by atoms with Gasteiger partial charge >= 0.3 is 5.97 Å². The molecule has 2 heterocycles. The summed E-state index contributed by atoms with van der Waals surface area (Å²) in [5.74, 6) is -1.65. The lowest BCUT2D eigenvalue weighted by atomic mass is 9.75. The number of aliphatic carboxylic acids is 1. The Morgan fingerprint density at radius 2 is 1.06 bits per heavy atom. The molecule has 2 unspecified atom stereocenters. The quantitative estimate of drug-likeness (QED) is 0.0250. The van der Waals surface area contributed by atoms with Gasteiger partial charge in [0.2, 0.25) is 5.69 Å². The van der Waals surface area contributed by atoms with E-state index in [0.29, 0.717) is 86.2 Å². The molecular weight excluding hydrogens is 1230 g/mol. The smallest absolute Gasteiger partial charge is 0.303 e. The summed E-state index contributed by atoms with van der Waals surface area (Å²) in [6.07, 6.45) is 13.0. The van der Waals surface area contributed by atoms with Crippen LogP contribution in [-0.4, -0.2) is 185 Å². The number of anilines is 1. The van der Waals surface area contributed by atoms with Crippen molar-refractivity contribution in [2.24, 2.45) is 0 Å². The highest BCUT2D eigenvalue weighted by atomic mass is 32.2. The van der Waals surface area contributed by atoms with Gasteiger partial charge in [-0.25, -0.2) is 33.7 Å². The van der Waals surface area contributed by atoms with E-state index in [1.54, 1.807) is 60.1 Å². The molecule has 0 bridgehead atoms. The topological polar surface area (TPSA) is 382 Å². The second kappa shape index (κ2) is 29.7. The first-order valence-corrected chi connectivity index (χ1v) is 34.3. The first-order valence-electron chi connectivity index (χ1n) is 27.0. The molecule has 0 radical (unpaired) electrons. The minimum atomic E-state index is -5.40. The maximum Gasteiger partial charge on any atom is 0.303 e. The van der Waals surface area contributed by atoms with Gasteiger partial charge in [0.15, 0.2) is 5.71 Å². The molecule has 2 N–H and O–H groups in total. The fourth-order valence-corrected chi connectivity index (χ4v) is 13.9. The third-order valence-electron chi connectivity index (χ3n) is 14.7. The van der Waals surface area contributed by atoms with E-state index in [0.717, 1.165) is 12.1 Å². The van der Waals surface area contributed by atoms with Crippen molar-refractivity contribution in [2.45, 2.75) is 89.2 Å². The van der Waals surface area contributed by atoms with E-state index in [9.17, 15) is 74.8 Å². The summed E-state index contributed by atoms with van der Waals surface area (Å²) in [7, 11) is -22.9. The number of allylic oxidation sites excluding steroid dienone is 8. The highest BCUT2D eigenvalue weighted by Gasteiger charge is 2.49. The molecule has 2 aliphatic rings. The minimum absolute atomic E-state index is 0.0106. The molecule has 2 aliphatic heterocycles. The zero-order valence-corrected chi connectivity index (χ0v) is 51.8. The van der Waals surface area contributed by atoms with Gasteiger partial charge in [-0.2, -0.15) is 13.0 Å². The number of hydrogen-bond donors (Lipinski definition) is 2. The number of methoxy groups -OCH3 is 2. The molecule has 0 spiro atoms. The largest absolute Gasteiger partial charge is 0.744 e. The van der Waals surface area contributed by atoms with Gasteiger partial charge in [0, 0.05) is 86.7 Å². The van der Waals surface area contributed by atoms with Gasteiger partial charge in [0.1, 0.15) is 47.0 Å². The Kier molecular flexibility index (Phi) is 24.1. The van der Waals surface area contributed by atoms with Crippen molar-refractivity contribution in [1.82, 2.24) is 0 Å². The lowest BCUT2D eigenvalue weighted by molar-refractivity contribution is -0.437. The molecule has 86 heavy (non-hydrogen) atoms. The van der Waals surface area contributed by atoms with Crippen LogP contribution in [-0.2, 0) is 94.6 Å². The summed E-state index contributed by atoms with van der Waals surface area (Å²) in [5.41, 5.74) is 0.0813. The molecule has 4 aromatic carbocycles. The van der Waals surface area contributed by atoms with Crippen LogP contribution >= 0.6 is 0 Å². The number of nitrogens with zero attached hydrogens (tertiary/aromatic N) is 2. The molecule has 0 aliphatic carbocycles. The first-order chi connectivity index (χ1) is 40.4. The van der Waals surface area contributed by atoms with Crippen molar-refractivity contribution in [3.05, 3.63) is 108 Å². The fraction of sp³-hybridized carbons (Fsp3) is 0.464. The SMILES string of the molecule is COCCOCCOCCC1(C)C(/C=C/C=C/C=C/C=C2/N(CCCCCC(=O)O)c3ccc4c(S(=O)(=O)[O-])cc(S(=O)(=O)[O-])cc4c3C2(C)CCOCCOCCOC)=[N+](CCCS(=O)(=O)O)c2ccc3c(S(=O)(=O)[O-])cc(S(=O)(=O)[O-])cc3c21. The highest BCUT2D eigenvalue weighted by Crippen LogP contribution is 2.54. The Labute approximate surface area is 501 Å². The van der Waals surface area contributed by atoms with Crippen LogP contribution in [0, 0.1) is 0 Å². The number of carbonyl (C=O) groups is 1. The number of benzene rings is 4. The van der Waals surface area contributed by atoms with Gasteiger partial charge < -0.3 is 56.6 Å². The molecule has 0 aromatic heterocycles. The van der Waals surface area contributed by atoms with E-state index in [1.807, 2.05) is 11.8 Å². The Morgan fingerprint density at radius 1 is 0.570 bits per heavy atom. The number of carboxylic acids is 1. The maximum absolute atomic E-state index is 12.8. The number of hydrogen-bond acceptors (Lipinski definition) is 22. The fourth-order valence-electron chi connectivity index (χ4n) is 10.8. The van der Waals surface area contributed by atoms with Crippen LogP contribution < -0.4 is 4.90 Å². The van der Waals surface area contributed by atoms with Crippen molar-refractivity contribution >= 4 is 95.2 Å². The Balaban J connectivity index is 1.47. The van der Waals surface area contributed by atoms with Crippen LogP contribution in [0.1, 0.15) is 69.9 Å². The predicted molar refractivity (Wildman–Crippen MR) is 310 cm³/mol. The normalized spacial score (nSPS) is 18.3. The van der Waals surface area contributed by atoms with Gasteiger partial charge in [-0.3, -0.25) is 9.35 Å². The molecule has 0 fully saturated rings. The van der Waals surface area contributed by atoms with Crippen molar-refractivity contribution in [3.63, 3.8) is 0 Å². The van der Waals surface area contributed by atoms with Crippen LogP contribution in [0.25, 0.3) is 21.5 Å². The van der Waals surface area contributed by atoms with E-state index < -0.39 is 92.7 Å². The molecule has 474 valence electrons. The molecule has 0 saturated heterocycles. The van der Waals surface area contributed by atoms with E-state index >= 15 is 0 Å². The lowest BCUT2D eigenvalue weighted by Gasteiger charge is -2.31. The number of fused-ring (bicyclic) bond motifs is 6. The minimum Gasteiger partial charge on any atom is -0.744 e. The second-order valence-electron chi connectivity index (χ2n) is 20.6. The van der Waals surface area contributed by atoms with Crippen LogP contribution in [0.2, 0.25) is 0 Å². The lowest BCUT2D eigenvalue weighted by Crippen LogP contribution is -2.33. The molecule has 25 nitrogen and oxygen atoms in total. The van der Waals surface area contributed by atoms with Crippen LogP contribution in [0.15, 0.2) is 116 Å². The highest BCUT2D eigenvalue weighted by molar-refractivity contribution is 7.87. The number of ether oxygens (including phenoxy) is 6. The summed E-state index contributed by atoms with van der Waals surface area (Å²) in [5, 5.41) is 8.97. The average Bonchev–Trinajstić information content (AvgIpc) is 1.89. The van der Waals surface area contributed by atoms with Crippen molar-refractivity contribution in [1.29, 1.82) is 0 Å². The van der Waals surface area contributed by atoms with E-state index in [4.69, 9.17) is 28.4 Å². The molecule has 4 aromatic rings. The number of rotatable bonds is 36. The van der Waals surface area contributed by atoms with Crippen molar-refractivity contribution in [2.75, 3.05) is 104 Å². The summed E-state index contributed by atoms with van der Waals surface area (Å²) in [6, 6.07) is 8.81. The number of carboxylic acid groups (broad SMARTS) is 1. The molecule has 2 atom stereocenters. The van der Waals surface area contributed by atoms with Gasteiger partial charge in [0.25, 0.3) is 10.1 Å². The zero-order chi connectivity index (χ0) is 63.3. The Morgan fingerprint density at radius 3 is 1.57 bits per heavy atom. The maximum atomic E-state index is 12.8. The first kappa shape index (κ1) is 69.7. The third-order valence-corrected chi connectivity index (χ3v) is 18.9. The van der Waals surface area contributed by atoms with Crippen LogP contribution in [0.3, 0.4) is 0 Å². The molecule has 0 saturated carbocycles. The van der Waals surface area contributed by atoms with E-state index in [1.165, 1.54) is 32.4 Å². The van der Waals surface area contributed by atoms with Crippen molar-refractivity contribution in [3.8, 4) is 0 Å². The van der Waals surface area contributed by atoms with Gasteiger partial charge in [-0.05, 0) is 104 Å².